The van der Waals surface area contributed by atoms with E-state index in [1.54, 1.807) is 7.11 Å². The van der Waals surface area contributed by atoms with Crippen LogP contribution < -0.4 is 14.8 Å². The Bertz CT molecular complexity index is 1130. The topological polar surface area (TPSA) is 30.5 Å². The smallest absolute Gasteiger partial charge is 0.124 e. The molecule has 4 heteroatoms. The van der Waals surface area contributed by atoms with Gasteiger partial charge in [-0.05, 0) is 52.2 Å². The van der Waals surface area contributed by atoms with E-state index < -0.39 is 0 Å². The molecule has 0 heterocycles. The van der Waals surface area contributed by atoms with Crippen LogP contribution in [0.15, 0.2) is 84.9 Å². The Morgan fingerprint density at radius 2 is 1.63 bits per heavy atom. The van der Waals surface area contributed by atoms with Crippen molar-refractivity contribution in [2.75, 3.05) is 7.11 Å². The van der Waals surface area contributed by atoms with Crippen LogP contribution in [0.25, 0.3) is 10.8 Å². The van der Waals surface area contributed by atoms with Crippen molar-refractivity contribution in [1.29, 1.82) is 0 Å². The highest BCUT2D eigenvalue weighted by Crippen LogP contribution is 2.29. The largest absolute Gasteiger partial charge is 0.497 e. The average Bonchev–Trinajstić information content (AvgIpc) is 2.79. The van der Waals surface area contributed by atoms with Gasteiger partial charge in [-0.15, -0.1) is 0 Å². The highest BCUT2D eigenvalue weighted by atomic mass is 35.5. The molecule has 0 aliphatic rings. The fourth-order valence-electron chi connectivity index (χ4n) is 3.50. The maximum atomic E-state index is 6.20. The van der Waals surface area contributed by atoms with Crippen LogP contribution in [0, 0.1) is 0 Å². The molecule has 4 rings (SSSR count). The summed E-state index contributed by atoms with van der Waals surface area (Å²) in [4.78, 5) is 0. The Morgan fingerprint density at radius 3 is 2.43 bits per heavy atom. The van der Waals surface area contributed by atoms with Gasteiger partial charge in [-0.3, -0.25) is 0 Å². The lowest BCUT2D eigenvalue weighted by Crippen LogP contribution is -2.14. The van der Waals surface area contributed by atoms with E-state index in [0.29, 0.717) is 13.2 Å². The van der Waals surface area contributed by atoms with Gasteiger partial charge in [0.05, 0.1) is 7.11 Å². The Kier molecular flexibility index (Phi) is 6.53. The number of halogens is 1. The van der Waals surface area contributed by atoms with Crippen molar-refractivity contribution in [1.82, 2.24) is 5.32 Å². The van der Waals surface area contributed by atoms with Crippen molar-refractivity contribution in [2.24, 2.45) is 0 Å². The second-order valence-electron chi connectivity index (χ2n) is 7.13. The third-order valence-corrected chi connectivity index (χ3v) is 5.31. The predicted octanol–water partition coefficient (Wildman–Crippen LogP) is 6.37. The van der Waals surface area contributed by atoms with Gasteiger partial charge in [0.25, 0.3) is 0 Å². The van der Waals surface area contributed by atoms with Crippen molar-refractivity contribution in [3.05, 3.63) is 107 Å². The number of benzene rings is 4. The van der Waals surface area contributed by atoms with Crippen molar-refractivity contribution in [2.45, 2.75) is 19.7 Å². The summed E-state index contributed by atoms with van der Waals surface area (Å²) >= 11 is 6.11. The molecule has 0 bridgehead atoms. The summed E-state index contributed by atoms with van der Waals surface area (Å²) in [6, 6.07) is 28.4. The van der Waals surface area contributed by atoms with E-state index in [1.165, 1.54) is 16.3 Å². The Balaban J connectivity index is 1.52. The molecule has 0 unspecified atom stereocenters. The summed E-state index contributed by atoms with van der Waals surface area (Å²) in [5.41, 5.74) is 3.41. The number of hydrogen-bond acceptors (Lipinski definition) is 3. The maximum absolute atomic E-state index is 6.20. The Hall–Kier alpha value is -3.01. The molecule has 0 saturated carbocycles. The van der Waals surface area contributed by atoms with Crippen molar-refractivity contribution >= 4 is 22.4 Å². The predicted molar refractivity (Wildman–Crippen MR) is 123 cm³/mol. The lowest BCUT2D eigenvalue weighted by molar-refractivity contribution is 0.302. The summed E-state index contributed by atoms with van der Waals surface area (Å²) < 4.78 is 11.4. The third-order valence-electron chi connectivity index (χ3n) is 5.07. The highest BCUT2D eigenvalue weighted by molar-refractivity contribution is 6.30. The number of fused-ring (bicyclic) bond motifs is 1. The molecule has 0 aliphatic carbocycles. The number of methoxy groups -OCH3 is 1. The van der Waals surface area contributed by atoms with Crippen LogP contribution in [0.2, 0.25) is 5.02 Å². The molecule has 0 aromatic heterocycles. The van der Waals surface area contributed by atoms with Gasteiger partial charge >= 0.3 is 0 Å². The van der Waals surface area contributed by atoms with E-state index in [1.807, 2.05) is 36.4 Å². The first kappa shape index (κ1) is 20.3. The second-order valence-corrected chi connectivity index (χ2v) is 7.57. The van der Waals surface area contributed by atoms with Gasteiger partial charge in [0, 0.05) is 23.7 Å². The van der Waals surface area contributed by atoms with Crippen LogP contribution in [-0.4, -0.2) is 7.11 Å². The van der Waals surface area contributed by atoms with Gasteiger partial charge < -0.3 is 14.8 Å². The van der Waals surface area contributed by atoms with Crippen LogP contribution in [0.4, 0.5) is 0 Å². The minimum atomic E-state index is 0.477. The van der Waals surface area contributed by atoms with E-state index >= 15 is 0 Å². The Morgan fingerprint density at radius 1 is 0.800 bits per heavy atom. The average molecular weight is 418 g/mol. The molecule has 0 saturated heterocycles. The SMILES string of the molecule is COc1ccc(CNCc2c(OCc3cccc(Cl)c3)ccc3ccccc23)cc1. The summed E-state index contributed by atoms with van der Waals surface area (Å²) in [6.45, 7) is 1.95. The molecular weight excluding hydrogens is 394 g/mol. The van der Waals surface area contributed by atoms with Crippen molar-refractivity contribution in [3.63, 3.8) is 0 Å². The van der Waals surface area contributed by atoms with E-state index in [0.717, 1.165) is 34.2 Å². The quantitative estimate of drug-likeness (QED) is 0.361. The van der Waals surface area contributed by atoms with E-state index in [9.17, 15) is 0 Å². The lowest BCUT2D eigenvalue weighted by atomic mass is 10.0. The van der Waals surface area contributed by atoms with Crippen LogP contribution >= 0.6 is 11.6 Å². The van der Waals surface area contributed by atoms with Crippen molar-refractivity contribution < 1.29 is 9.47 Å². The van der Waals surface area contributed by atoms with Gasteiger partial charge in [-0.1, -0.05) is 66.2 Å². The first-order valence-electron chi connectivity index (χ1n) is 9.94. The minimum Gasteiger partial charge on any atom is -0.497 e. The monoisotopic (exact) mass is 417 g/mol. The molecule has 0 aliphatic heterocycles. The van der Waals surface area contributed by atoms with Crippen LogP contribution in [0.3, 0.4) is 0 Å². The molecule has 0 spiro atoms. The fraction of sp³-hybridized carbons (Fsp3) is 0.154. The number of nitrogens with one attached hydrogen (secondary N) is 1. The number of rotatable bonds is 8. The van der Waals surface area contributed by atoms with Gasteiger partial charge in [-0.2, -0.15) is 0 Å². The minimum absolute atomic E-state index is 0.477. The first-order chi connectivity index (χ1) is 14.7. The zero-order valence-electron chi connectivity index (χ0n) is 16.9. The molecule has 4 aromatic carbocycles. The molecular formula is C26H24ClNO2. The first-order valence-corrected chi connectivity index (χ1v) is 10.3. The maximum Gasteiger partial charge on any atom is 0.124 e. The van der Waals surface area contributed by atoms with E-state index in [4.69, 9.17) is 21.1 Å². The second kappa shape index (κ2) is 9.66. The molecule has 3 nitrogen and oxygen atoms in total. The Labute approximate surface area is 182 Å². The molecule has 0 fully saturated rings. The zero-order chi connectivity index (χ0) is 20.8. The summed E-state index contributed by atoms with van der Waals surface area (Å²) in [7, 11) is 1.68. The molecule has 0 amide bonds. The molecule has 152 valence electrons. The highest BCUT2D eigenvalue weighted by Gasteiger charge is 2.09. The molecule has 0 radical (unpaired) electrons. The van der Waals surface area contributed by atoms with Crippen LogP contribution in [0.5, 0.6) is 11.5 Å². The molecule has 0 atom stereocenters. The standard InChI is InChI=1S/C26H24ClNO2/c1-29-23-12-9-19(10-13-23)16-28-17-25-24-8-3-2-6-21(24)11-14-26(25)30-18-20-5-4-7-22(27)15-20/h2-15,28H,16-18H2,1H3. The van der Waals surface area contributed by atoms with Gasteiger partial charge in [0.15, 0.2) is 0 Å². The summed E-state index contributed by atoms with van der Waals surface area (Å²) in [5, 5.41) is 6.67. The fourth-order valence-corrected chi connectivity index (χ4v) is 3.71. The number of ether oxygens (including phenoxy) is 2. The van der Waals surface area contributed by atoms with E-state index in [-0.39, 0.29) is 0 Å². The number of hydrogen-bond donors (Lipinski definition) is 1. The summed E-state index contributed by atoms with van der Waals surface area (Å²) in [5.74, 6) is 1.75. The van der Waals surface area contributed by atoms with Crippen LogP contribution in [-0.2, 0) is 19.7 Å². The van der Waals surface area contributed by atoms with Gasteiger partial charge in [0.2, 0.25) is 0 Å². The van der Waals surface area contributed by atoms with Crippen LogP contribution in [0.1, 0.15) is 16.7 Å². The van der Waals surface area contributed by atoms with Crippen molar-refractivity contribution in [3.8, 4) is 11.5 Å². The summed E-state index contributed by atoms with van der Waals surface area (Å²) in [6.07, 6.45) is 0. The molecule has 1 N–H and O–H groups in total. The van der Waals surface area contributed by atoms with Gasteiger partial charge in [-0.25, -0.2) is 0 Å². The van der Waals surface area contributed by atoms with Gasteiger partial charge in [0.1, 0.15) is 18.1 Å². The zero-order valence-corrected chi connectivity index (χ0v) is 17.7. The van der Waals surface area contributed by atoms with E-state index in [2.05, 4.69) is 53.8 Å². The molecule has 4 aromatic rings. The third kappa shape index (κ3) is 4.93. The normalized spacial score (nSPS) is 10.9. The lowest BCUT2D eigenvalue weighted by Gasteiger charge is -2.15. The molecule has 30 heavy (non-hydrogen) atoms.